The second kappa shape index (κ2) is 8.46. The molecule has 0 spiro atoms. The van der Waals surface area contributed by atoms with E-state index in [0.717, 1.165) is 54.7 Å². The molecule has 0 bridgehead atoms. The van der Waals surface area contributed by atoms with Crippen LogP contribution in [-0.4, -0.2) is 54.2 Å². The molecule has 9 nitrogen and oxygen atoms in total. The second-order valence-electron chi connectivity index (χ2n) is 8.99. The van der Waals surface area contributed by atoms with Gasteiger partial charge in [0.25, 0.3) is 0 Å². The second-order valence-corrected chi connectivity index (χ2v) is 11.4. The maximum absolute atomic E-state index is 12.0. The fourth-order valence-electron chi connectivity index (χ4n) is 5.03. The monoisotopic (exact) mass is 510 g/mol. The Kier molecular flexibility index (Phi) is 5.37. The topological polar surface area (TPSA) is 105 Å². The van der Waals surface area contributed by atoms with Crippen molar-refractivity contribution >= 4 is 50.0 Å². The average molecular weight is 511 g/mol. The van der Waals surface area contributed by atoms with Crippen LogP contribution in [0.25, 0.3) is 11.1 Å². The molecule has 1 fully saturated rings. The van der Waals surface area contributed by atoms with Gasteiger partial charge in [-0.2, -0.15) is 0 Å². The molecule has 0 radical (unpaired) electrons. The predicted octanol–water partition coefficient (Wildman–Crippen LogP) is 4.15. The highest BCUT2D eigenvalue weighted by Crippen LogP contribution is 2.41. The zero-order chi connectivity index (χ0) is 24.2. The van der Waals surface area contributed by atoms with Crippen LogP contribution in [0.5, 0.6) is 0 Å². The first-order chi connectivity index (χ1) is 16.9. The molecule has 11 heteroatoms. The van der Waals surface area contributed by atoms with Gasteiger partial charge < -0.3 is 14.2 Å². The van der Waals surface area contributed by atoms with Crippen molar-refractivity contribution in [2.75, 3.05) is 35.7 Å². The summed E-state index contributed by atoms with van der Waals surface area (Å²) < 4.78 is 30.0. The van der Waals surface area contributed by atoms with Crippen LogP contribution in [0.4, 0.5) is 17.5 Å². The highest BCUT2D eigenvalue weighted by atomic mass is 35.5. The number of aromatic nitrogens is 4. The van der Waals surface area contributed by atoms with Gasteiger partial charge in [-0.3, -0.25) is 0 Å². The number of furan rings is 1. The largest absolute Gasteiger partial charge is 0.458 e. The van der Waals surface area contributed by atoms with E-state index in [4.69, 9.17) is 16.0 Å². The Balaban J connectivity index is 1.26. The van der Waals surface area contributed by atoms with E-state index in [1.54, 1.807) is 30.9 Å². The van der Waals surface area contributed by atoms with Crippen LogP contribution in [0.3, 0.4) is 0 Å². The van der Waals surface area contributed by atoms with Gasteiger partial charge in [0.05, 0.1) is 28.6 Å². The summed E-state index contributed by atoms with van der Waals surface area (Å²) >= 11 is 5.92. The first-order valence-corrected chi connectivity index (χ1v) is 13.7. The summed E-state index contributed by atoms with van der Waals surface area (Å²) in [5, 5.41) is 0.528. The van der Waals surface area contributed by atoms with Gasteiger partial charge in [-0.25, -0.2) is 28.4 Å². The van der Waals surface area contributed by atoms with Crippen LogP contribution in [0.2, 0.25) is 5.02 Å². The summed E-state index contributed by atoms with van der Waals surface area (Å²) in [6.45, 7) is 2.36. The third-order valence-electron chi connectivity index (χ3n) is 6.82. The maximum Gasteiger partial charge on any atom is 0.225 e. The van der Waals surface area contributed by atoms with E-state index in [2.05, 4.69) is 29.7 Å². The van der Waals surface area contributed by atoms with Gasteiger partial charge in [0.15, 0.2) is 21.2 Å². The lowest BCUT2D eigenvalue weighted by Gasteiger charge is -2.31. The van der Waals surface area contributed by atoms with E-state index >= 15 is 0 Å². The molecule has 35 heavy (non-hydrogen) atoms. The molecular formula is C24H23ClN6O3S. The molecule has 6 rings (SSSR count). The third kappa shape index (κ3) is 4.00. The number of hydrogen-bond donors (Lipinski definition) is 0. The molecule has 5 heterocycles. The maximum atomic E-state index is 12.0. The minimum Gasteiger partial charge on any atom is -0.458 e. The fourth-order valence-corrected chi connectivity index (χ4v) is 5.80. The number of fused-ring (bicyclic) bond motifs is 2. The quantitative estimate of drug-likeness (QED) is 0.400. The molecule has 3 aromatic heterocycles. The van der Waals surface area contributed by atoms with Crippen molar-refractivity contribution in [3.8, 4) is 0 Å². The highest BCUT2D eigenvalue weighted by molar-refractivity contribution is 7.90. The Hall–Kier alpha value is -3.24. The molecule has 0 unspecified atom stereocenters. The average Bonchev–Trinajstić information content (AvgIpc) is 3.48. The van der Waals surface area contributed by atoms with Crippen LogP contribution < -0.4 is 9.80 Å². The Morgan fingerprint density at radius 3 is 2.57 bits per heavy atom. The fraction of sp³-hybridized carbons (Fsp3) is 0.333. The number of anilines is 3. The minimum absolute atomic E-state index is 0.311. The van der Waals surface area contributed by atoms with E-state index in [1.807, 2.05) is 12.3 Å². The zero-order valence-electron chi connectivity index (χ0n) is 19.1. The van der Waals surface area contributed by atoms with Gasteiger partial charge in [-0.15, -0.1) is 0 Å². The lowest BCUT2D eigenvalue weighted by molar-refractivity contribution is 0.493. The van der Waals surface area contributed by atoms with Crippen molar-refractivity contribution < 1.29 is 12.8 Å². The lowest BCUT2D eigenvalue weighted by Crippen LogP contribution is -2.34. The predicted molar refractivity (Wildman–Crippen MR) is 133 cm³/mol. The number of halogens is 1. The van der Waals surface area contributed by atoms with Gasteiger partial charge in [0.2, 0.25) is 5.95 Å². The number of sulfone groups is 1. The van der Waals surface area contributed by atoms with Crippen molar-refractivity contribution in [1.29, 1.82) is 0 Å². The summed E-state index contributed by atoms with van der Waals surface area (Å²) in [4.78, 5) is 22.4. The summed E-state index contributed by atoms with van der Waals surface area (Å²) in [7, 11) is -3.25. The van der Waals surface area contributed by atoms with Gasteiger partial charge >= 0.3 is 0 Å². The SMILES string of the molecule is CS(=O)(=O)c1ccc2c(c1)CCN2c1ncnc2c(C3CCN(c4ncc(Cl)cn4)CC3)coc12. The molecule has 0 saturated carbocycles. The smallest absolute Gasteiger partial charge is 0.225 e. The summed E-state index contributed by atoms with van der Waals surface area (Å²) in [6, 6.07) is 5.26. The van der Waals surface area contributed by atoms with E-state index < -0.39 is 9.84 Å². The third-order valence-corrected chi connectivity index (χ3v) is 8.12. The van der Waals surface area contributed by atoms with Gasteiger partial charge in [0, 0.05) is 37.1 Å². The molecular weight excluding hydrogens is 488 g/mol. The minimum atomic E-state index is -3.25. The number of piperidine rings is 1. The first-order valence-electron chi connectivity index (χ1n) is 11.4. The van der Waals surface area contributed by atoms with E-state index in [0.29, 0.717) is 39.7 Å². The van der Waals surface area contributed by atoms with E-state index in [9.17, 15) is 8.42 Å². The van der Waals surface area contributed by atoms with Crippen molar-refractivity contribution in [2.45, 2.75) is 30.1 Å². The Morgan fingerprint density at radius 2 is 1.83 bits per heavy atom. The van der Waals surface area contributed by atoms with Crippen molar-refractivity contribution in [3.05, 3.63) is 59.3 Å². The summed E-state index contributed by atoms with van der Waals surface area (Å²) in [5.41, 5.74) is 4.52. The molecule has 0 atom stereocenters. The summed E-state index contributed by atoms with van der Waals surface area (Å²) in [6.07, 6.45) is 10.5. The normalized spacial score (nSPS) is 16.7. The van der Waals surface area contributed by atoms with Gasteiger partial charge in [0.1, 0.15) is 11.8 Å². The van der Waals surface area contributed by atoms with E-state index in [-0.39, 0.29) is 0 Å². The van der Waals surface area contributed by atoms with Crippen molar-refractivity contribution in [3.63, 3.8) is 0 Å². The Labute approximate surface area is 207 Å². The van der Waals surface area contributed by atoms with Crippen LogP contribution in [0.15, 0.2) is 52.5 Å². The number of rotatable bonds is 4. The van der Waals surface area contributed by atoms with Gasteiger partial charge in [-0.1, -0.05) is 11.6 Å². The van der Waals surface area contributed by atoms with Crippen LogP contribution in [0, 0.1) is 0 Å². The standard InChI is InChI=1S/C24H23ClN6O3S/c1-35(32,33)18-2-3-20-16(10-18)6-9-31(20)23-22-21(28-14-29-23)19(13-34-22)15-4-7-30(8-5-15)24-26-11-17(25)12-27-24/h2-3,10-15H,4-9H2,1H3. The lowest BCUT2D eigenvalue weighted by atomic mass is 9.90. The van der Waals surface area contributed by atoms with Crippen LogP contribution in [-0.2, 0) is 16.3 Å². The molecule has 2 aliphatic rings. The molecule has 4 aromatic rings. The van der Waals surface area contributed by atoms with Crippen LogP contribution >= 0.6 is 11.6 Å². The highest BCUT2D eigenvalue weighted by Gasteiger charge is 2.29. The Bertz CT molecular complexity index is 1510. The first kappa shape index (κ1) is 22.2. The molecule has 180 valence electrons. The van der Waals surface area contributed by atoms with Crippen molar-refractivity contribution in [2.24, 2.45) is 0 Å². The molecule has 2 aliphatic heterocycles. The van der Waals surface area contributed by atoms with Crippen LogP contribution in [0.1, 0.15) is 29.9 Å². The summed E-state index contributed by atoms with van der Waals surface area (Å²) in [5.74, 6) is 1.71. The number of benzene rings is 1. The molecule has 0 N–H and O–H groups in total. The van der Waals surface area contributed by atoms with Crippen molar-refractivity contribution in [1.82, 2.24) is 19.9 Å². The molecule has 1 aromatic carbocycles. The molecule has 1 saturated heterocycles. The molecule has 0 aliphatic carbocycles. The van der Waals surface area contributed by atoms with Gasteiger partial charge in [-0.05, 0) is 48.9 Å². The Morgan fingerprint density at radius 1 is 1.06 bits per heavy atom. The zero-order valence-corrected chi connectivity index (χ0v) is 20.6. The number of hydrogen-bond acceptors (Lipinski definition) is 9. The van der Waals surface area contributed by atoms with E-state index in [1.165, 1.54) is 6.26 Å². The number of nitrogens with zero attached hydrogens (tertiary/aromatic N) is 6. The molecule has 0 amide bonds.